The van der Waals surface area contributed by atoms with Crippen molar-refractivity contribution in [3.05, 3.63) is 102 Å². The predicted octanol–water partition coefficient (Wildman–Crippen LogP) is 12.2. The average molecular weight is 702 g/mol. The zero-order valence-corrected chi connectivity index (χ0v) is 31.3. The van der Waals surface area contributed by atoms with E-state index >= 15 is 0 Å². The zero-order valence-electron chi connectivity index (χ0n) is 29.5. The third-order valence-electron chi connectivity index (χ3n) is 9.75. The molecule has 4 aromatic carbocycles. The van der Waals surface area contributed by atoms with Gasteiger partial charge in [-0.25, -0.2) is 0 Å². The van der Waals surface area contributed by atoms with Crippen molar-refractivity contribution in [2.45, 2.75) is 117 Å². The van der Waals surface area contributed by atoms with Crippen molar-refractivity contribution in [2.75, 3.05) is 0 Å². The van der Waals surface area contributed by atoms with Crippen molar-refractivity contribution in [3.63, 3.8) is 0 Å². The molecular formula is C42H55O5P2+. The third kappa shape index (κ3) is 9.39. The maximum atomic E-state index is 13.5. The molecular weight excluding hydrogens is 646 g/mol. The summed E-state index contributed by atoms with van der Waals surface area (Å²) in [7, 11) is -7.63. The summed E-state index contributed by atoms with van der Waals surface area (Å²) in [5.41, 5.74) is 2.85. The van der Waals surface area contributed by atoms with Gasteiger partial charge in [0.25, 0.3) is 0 Å². The van der Waals surface area contributed by atoms with Gasteiger partial charge in [0, 0.05) is 0 Å². The van der Waals surface area contributed by atoms with Gasteiger partial charge in [-0.1, -0.05) is 13.8 Å². The molecule has 2 N–H and O–H groups in total. The van der Waals surface area contributed by atoms with Crippen LogP contribution < -0.4 is 15.1 Å². The molecule has 49 heavy (non-hydrogen) atoms. The fraction of sp³-hybridized carbons (Fsp3) is 0.429. The van der Waals surface area contributed by atoms with Crippen molar-refractivity contribution < 1.29 is 23.1 Å². The second-order valence-corrected chi connectivity index (χ2v) is 17.9. The molecule has 262 valence electrons. The van der Waals surface area contributed by atoms with E-state index in [1.807, 2.05) is 48.5 Å². The summed E-state index contributed by atoms with van der Waals surface area (Å²) in [6.07, 6.45) is 19.3. The van der Waals surface area contributed by atoms with Gasteiger partial charge in [-0.05, 0) is 0 Å². The number of para-hydroxylation sites is 1. The molecule has 1 aromatic heterocycles. The Morgan fingerprint density at radius 1 is 0.571 bits per heavy atom. The van der Waals surface area contributed by atoms with Crippen molar-refractivity contribution in [1.29, 1.82) is 0 Å². The number of fused-ring (bicyclic) bond motifs is 3. The molecule has 1 heterocycles. The number of rotatable bonds is 20. The van der Waals surface area contributed by atoms with Crippen LogP contribution in [0.2, 0.25) is 0 Å². The molecule has 0 aliphatic rings. The van der Waals surface area contributed by atoms with Crippen molar-refractivity contribution in [2.24, 2.45) is 0 Å². The summed E-state index contributed by atoms with van der Waals surface area (Å²) >= 11 is 0. The number of aryl methyl sites for hydroxylation is 2. The SMILES string of the molecule is CCCCCCCCCc1ccc(P(O)(O)(Oc2cccc3c4ccccc4o[p+](=O)c23)c2ccc(CCCCCCCCC)cc2)cc1. The van der Waals surface area contributed by atoms with E-state index in [0.717, 1.165) is 42.2 Å². The molecule has 0 aliphatic carbocycles. The van der Waals surface area contributed by atoms with Crippen LogP contribution in [0, 0.1) is 0 Å². The number of benzene rings is 4. The molecule has 0 spiro atoms. The standard InChI is InChI=1S/C42H55O5P2/c1-3-5-7-9-11-13-15-20-34-26-30-36(31-27-34)49(44,45,37-32-28-35(29-33-37)21-16-14-12-10-8-6-4-2)47-41-25-19-23-39-38-22-17-18-24-40(38)46-48(43)42(39)41/h17-19,22-33,44-45H,3-16,20-21H2,1-2H3/q+1. The summed E-state index contributed by atoms with van der Waals surface area (Å²) in [5, 5.41) is 2.44. The van der Waals surface area contributed by atoms with Gasteiger partial charge in [0.2, 0.25) is 0 Å². The van der Waals surface area contributed by atoms with Crippen LogP contribution in [0.5, 0.6) is 5.75 Å². The Morgan fingerprint density at radius 2 is 1.04 bits per heavy atom. The van der Waals surface area contributed by atoms with Crippen molar-refractivity contribution in [3.8, 4) is 5.75 Å². The first kappa shape index (κ1) is 37.2. The molecule has 0 bridgehead atoms. The number of hydrogen-bond acceptors (Lipinski definition) is 5. The van der Waals surface area contributed by atoms with Crippen LogP contribution in [0.25, 0.3) is 21.5 Å². The van der Waals surface area contributed by atoms with E-state index in [2.05, 4.69) is 13.8 Å². The first-order chi connectivity index (χ1) is 23.8. The average Bonchev–Trinajstić information content (AvgIpc) is 3.11. The molecule has 0 fully saturated rings. The number of hydrogen-bond donors (Lipinski definition) is 2. The third-order valence-corrected chi connectivity index (χ3v) is 13.9. The van der Waals surface area contributed by atoms with Crippen LogP contribution in [0.4, 0.5) is 0 Å². The first-order valence-corrected chi connectivity index (χ1v) is 21.8. The van der Waals surface area contributed by atoms with E-state index in [4.69, 9.17) is 8.72 Å². The van der Waals surface area contributed by atoms with E-state index in [9.17, 15) is 14.4 Å². The van der Waals surface area contributed by atoms with Crippen LogP contribution in [0.1, 0.15) is 115 Å². The molecule has 7 heteroatoms. The first-order valence-electron chi connectivity index (χ1n) is 18.6. The van der Waals surface area contributed by atoms with Gasteiger partial charge in [-0.2, -0.15) is 0 Å². The minimum atomic E-state index is -5.28. The van der Waals surface area contributed by atoms with Gasteiger partial charge in [0.15, 0.2) is 0 Å². The zero-order chi connectivity index (χ0) is 34.6. The van der Waals surface area contributed by atoms with Crippen LogP contribution in [-0.2, 0) is 17.4 Å². The van der Waals surface area contributed by atoms with Crippen molar-refractivity contribution in [1.82, 2.24) is 0 Å². The van der Waals surface area contributed by atoms with Gasteiger partial charge in [0.05, 0.1) is 0 Å². The normalized spacial score (nSPS) is 13.1. The van der Waals surface area contributed by atoms with E-state index in [-0.39, 0.29) is 5.75 Å². The second kappa shape index (κ2) is 17.7. The molecule has 5 aromatic rings. The Kier molecular flexibility index (Phi) is 13.5. The fourth-order valence-corrected chi connectivity index (χ4v) is 10.4. The molecule has 1 atom stereocenters. The van der Waals surface area contributed by atoms with Gasteiger partial charge < -0.3 is 0 Å². The molecule has 5 rings (SSSR count). The Morgan fingerprint density at radius 3 is 1.57 bits per heavy atom. The fourth-order valence-electron chi connectivity index (χ4n) is 6.78. The van der Waals surface area contributed by atoms with Crippen LogP contribution in [-0.4, -0.2) is 9.79 Å². The van der Waals surface area contributed by atoms with E-state index in [1.54, 1.807) is 42.5 Å². The summed E-state index contributed by atoms with van der Waals surface area (Å²) < 4.78 is 25.8. The molecule has 1 unspecified atom stereocenters. The molecule has 0 saturated carbocycles. The van der Waals surface area contributed by atoms with Crippen LogP contribution in [0.3, 0.4) is 0 Å². The Bertz CT molecular complexity index is 1760. The molecule has 0 amide bonds. The second-order valence-electron chi connectivity index (χ2n) is 13.6. The predicted molar refractivity (Wildman–Crippen MR) is 209 cm³/mol. The Hall–Kier alpha value is -3.07. The van der Waals surface area contributed by atoms with Gasteiger partial charge in [-0.15, -0.1) is 0 Å². The molecule has 5 nitrogen and oxygen atoms in total. The molecule has 0 saturated heterocycles. The topological polar surface area (TPSA) is 79.9 Å². The van der Waals surface area contributed by atoms with Crippen LogP contribution in [0.15, 0.2) is 95.2 Å². The Labute approximate surface area is 293 Å². The van der Waals surface area contributed by atoms with Gasteiger partial charge >= 0.3 is 281 Å². The van der Waals surface area contributed by atoms with E-state index < -0.39 is 14.9 Å². The van der Waals surface area contributed by atoms with Crippen LogP contribution >= 0.6 is 14.9 Å². The van der Waals surface area contributed by atoms with Gasteiger partial charge in [0.1, 0.15) is 0 Å². The molecule has 0 radical (unpaired) electrons. The van der Waals surface area contributed by atoms with Crippen molar-refractivity contribution >= 4 is 47.0 Å². The van der Waals surface area contributed by atoms with Gasteiger partial charge in [-0.3, -0.25) is 0 Å². The Balaban J connectivity index is 1.43. The summed E-state index contributed by atoms with van der Waals surface area (Å²) in [5.74, 6) is 0.148. The summed E-state index contributed by atoms with van der Waals surface area (Å²) in [4.78, 5) is 25.4. The quantitative estimate of drug-likeness (QED) is 0.0480. The number of unbranched alkanes of at least 4 members (excludes halogenated alkanes) is 12. The molecule has 0 aliphatic heterocycles. The maximum absolute atomic E-state index is 13.5. The monoisotopic (exact) mass is 701 g/mol. The van der Waals surface area contributed by atoms with E-state index in [1.165, 1.54) is 77.0 Å². The van der Waals surface area contributed by atoms with E-state index in [0.29, 0.717) is 26.7 Å². The summed E-state index contributed by atoms with van der Waals surface area (Å²) in [6, 6.07) is 27.9. The summed E-state index contributed by atoms with van der Waals surface area (Å²) in [6.45, 7) is 4.48. The minimum absolute atomic E-state index is 0.148.